The number of aromatic nitrogens is 5. The Morgan fingerprint density at radius 3 is 2.67 bits per heavy atom. The lowest BCUT2D eigenvalue weighted by atomic mass is 9.91. The third-order valence-electron chi connectivity index (χ3n) is 6.67. The number of ether oxygens (including phenoxy) is 1. The first-order valence-corrected chi connectivity index (χ1v) is 12.6. The molecule has 1 aliphatic heterocycles. The molecule has 2 aliphatic rings. The van der Waals surface area contributed by atoms with E-state index in [1.165, 1.54) is 0 Å². The van der Waals surface area contributed by atoms with Crippen molar-refractivity contribution in [1.29, 1.82) is 0 Å². The Labute approximate surface area is 213 Å². The average molecular weight is 510 g/mol. The summed E-state index contributed by atoms with van der Waals surface area (Å²) in [5, 5.41) is 21.2. The van der Waals surface area contributed by atoms with Crippen LogP contribution in [-0.4, -0.2) is 49.5 Å². The normalized spacial score (nSPS) is 16.9. The van der Waals surface area contributed by atoms with Crippen molar-refractivity contribution in [2.75, 3.05) is 13.2 Å². The number of aryl methyl sites for hydroxylation is 2. The zero-order valence-corrected chi connectivity index (χ0v) is 20.6. The molecule has 0 amide bonds. The van der Waals surface area contributed by atoms with Crippen molar-refractivity contribution < 1.29 is 14.6 Å². The molecule has 5 rings (SSSR count). The third-order valence-corrected chi connectivity index (χ3v) is 7.02. The van der Waals surface area contributed by atoms with Crippen LogP contribution in [-0.2, 0) is 28.9 Å². The molecule has 3 heterocycles. The van der Waals surface area contributed by atoms with Crippen molar-refractivity contribution in [1.82, 2.24) is 25.2 Å². The summed E-state index contributed by atoms with van der Waals surface area (Å²) in [6.45, 7) is 1.14. The molecule has 0 spiro atoms. The van der Waals surface area contributed by atoms with Crippen LogP contribution in [0.25, 0.3) is 5.57 Å². The Balaban J connectivity index is 1.38. The molecule has 2 fully saturated rings. The third kappa shape index (κ3) is 5.91. The number of aromatic amines is 1. The van der Waals surface area contributed by atoms with Crippen LogP contribution in [0.4, 0.5) is 0 Å². The number of carbonyl (C=O) groups is 1. The van der Waals surface area contributed by atoms with Gasteiger partial charge in [-0.05, 0) is 72.4 Å². The predicted octanol–water partition coefficient (Wildman–Crippen LogP) is 3.62. The standard InChI is InChI=1S/C26H28ClN5O4/c27-22-14-19(4-3-18(22)5-8-24-29-31-32(30-24)15-25(33)34)21(13-16-9-11-36-12-10-16)23-7-6-20(17-1-2-17)26(35)28-23/h3-4,6-7,13-14,16-17H,1-2,5,8-12,15H2,(H,28,35)(H,33,34)/b21-13+. The summed E-state index contributed by atoms with van der Waals surface area (Å²) in [6.07, 6.45) is 7.35. The minimum Gasteiger partial charge on any atom is -0.480 e. The second-order valence-electron chi connectivity index (χ2n) is 9.40. The molecule has 2 aromatic heterocycles. The molecule has 3 aromatic rings. The molecule has 1 aliphatic carbocycles. The lowest BCUT2D eigenvalue weighted by Gasteiger charge is -2.21. The van der Waals surface area contributed by atoms with Gasteiger partial charge in [0.25, 0.3) is 5.56 Å². The van der Waals surface area contributed by atoms with Gasteiger partial charge in [-0.25, -0.2) is 0 Å². The summed E-state index contributed by atoms with van der Waals surface area (Å²) in [7, 11) is 0. The van der Waals surface area contributed by atoms with Gasteiger partial charge < -0.3 is 14.8 Å². The van der Waals surface area contributed by atoms with Gasteiger partial charge in [0.15, 0.2) is 12.4 Å². The SMILES string of the molecule is O=C(O)Cn1nnc(CCc2ccc(/C(=C\C3CCOCC3)c3ccc(C4CC4)c(=O)[nH]3)cc2Cl)n1. The molecule has 1 saturated heterocycles. The zero-order valence-electron chi connectivity index (χ0n) is 19.8. The number of allylic oxidation sites excluding steroid dienone is 1. The summed E-state index contributed by atoms with van der Waals surface area (Å²) in [5.41, 5.74) is 4.48. The number of tetrazole rings is 1. The maximum Gasteiger partial charge on any atom is 0.327 e. The van der Waals surface area contributed by atoms with Crippen LogP contribution in [0.2, 0.25) is 5.02 Å². The number of nitrogens with one attached hydrogen (secondary N) is 1. The molecular weight excluding hydrogens is 482 g/mol. The van der Waals surface area contributed by atoms with Gasteiger partial charge in [-0.1, -0.05) is 35.9 Å². The van der Waals surface area contributed by atoms with Crippen molar-refractivity contribution in [2.24, 2.45) is 5.92 Å². The smallest absolute Gasteiger partial charge is 0.327 e. The number of halogens is 1. The van der Waals surface area contributed by atoms with E-state index in [0.29, 0.717) is 35.5 Å². The largest absolute Gasteiger partial charge is 0.480 e. The number of aliphatic carboxylic acids is 1. The molecule has 0 unspecified atom stereocenters. The summed E-state index contributed by atoms with van der Waals surface area (Å²) in [4.78, 5) is 27.8. The maximum absolute atomic E-state index is 12.8. The van der Waals surface area contributed by atoms with Crippen LogP contribution in [0.15, 0.2) is 41.2 Å². The molecule has 0 bridgehead atoms. The first kappa shape index (κ1) is 24.4. The minimum atomic E-state index is -1.02. The van der Waals surface area contributed by atoms with Gasteiger partial charge in [0, 0.05) is 41.5 Å². The molecule has 0 atom stereocenters. The fraction of sp³-hybridized carbons (Fsp3) is 0.423. The van der Waals surface area contributed by atoms with Crippen LogP contribution in [0.1, 0.15) is 59.8 Å². The van der Waals surface area contributed by atoms with Gasteiger partial charge in [-0.3, -0.25) is 9.59 Å². The summed E-state index contributed by atoms with van der Waals surface area (Å²) < 4.78 is 5.53. The second kappa shape index (κ2) is 10.8. The topological polar surface area (TPSA) is 123 Å². The van der Waals surface area contributed by atoms with Crippen molar-refractivity contribution in [3.63, 3.8) is 0 Å². The molecule has 1 saturated carbocycles. The summed E-state index contributed by atoms with van der Waals surface area (Å²) in [5.74, 6) is 0.188. The Bertz CT molecular complexity index is 1340. The van der Waals surface area contributed by atoms with E-state index in [1.54, 1.807) is 0 Å². The van der Waals surface area contributed by atoms with Crippen molar-refractivity contribution in [2.45, 2.75) is 51.0 Å². The van der Waals surface area contributed by atoms with Gasteiger partial charge in [0.05, 0.1) is 0 Å². The number of pyridine rings is 1. The van der Waals surface area contributed by atoms with Crippen LogP contribution in [0, 0.1) is 5.92 Å². The van der Waals surface area contributed by atoms with Crippen molar-refractivity contribution >= 4 is 23.1 Å². The lowest BCUT2D eigenvalue weighted by molar-refractivity contribution is -0.138. The van der Waals surface area contributed by atoms with Gasteiger partial charge in [0.1, 0.15) is 0 Å². The number of nitrogens with zero attached hydrogens (tertiary/aromatic N) is 4. The summed E-state index contributed by atoms with van der Waals surface area (Å²) in [6, 6.07) is 9.91. The Kier molecular flexibility index (Phi) is 7.29. The molecule has 2 N–H and O–H groups in total. The molecule has 0 radical (unpaired) electrons. The van der Waals surface area contributed by atoms with Crippen LogP contribution < -0.4 is 5.56 Å². The summed E-state index contributed by atoms with van der Waals surface area (Å²) >= 11 is 6.69. The predicted molar refractivity (Wildman–Crippen MR) is 134 cm³/mol. The molecular formula is C26H28ClN5O4. The van der Waals surface area contributed by atoms with Gasteiger partial charge in [-0.2, -0.15) is 4.80 Å². The Hall–Kier alpha value is -3.30. The quantitative estimate of drug-likeness (QED) is 0.451. The van der Waals surface area contributed by atoms with Crippen molar-refractivity contribution in [3.05, 3.63) is 80.0 Å². The molecule has 188 valence electrons. The van der Waals surface area contributed by atoms with E-state index in [1.807, 2.05) is 30.3 Å². The number of carboxylic acids is 1. The highest BCUT2D eigenvalue weighted by Gasteiger charge is 2.26. The highest BCUT2D eigenvalue weighted by atomic mass is 35.5. The highest BCUT2D eigenvalue weighted by Crippen LogP contribution is 2.38. The number of benzene rings is 1. The van der Waals surface area contributed by atoms with Crippen LogP contribution in [0.5, 0.6) is 0 Å². The van der Waals surface area contributed by atoms with E-state index >= 15 is 0 Å². The number of carboxylic acid groups (broad SMARTS) is 1. The zero-order chi connectivity index (χ0) is 25.1. The number of hydrogen-bond acceptors (Lipinski definition) is 6. The Morgan fingerprint density at radius 2 is 1.97 bits per heavy atom. The number of H-pyrrole nitrogens is 1. The lowest BCUT2D eigenvalue weighted by Crippen LogP contribution is -2.16. The van der Waals surface area contributed by atoms with Gasteiger partial charge in [0.2, 0.25) is 0 Å². The Morgan fingerprint density at radius 1 is 1.17 bits per heavy atom. The van der Waals surface area contributed by atoms with E-state index < -0.39 is 5.97 Å². The second-order valence-corrected chi connectivity index (χ2v) is 9.80. The van der Waals surface area contributed by atoms with E-state index in [2.05, 4.69) is 26.5 Å². The molecule has 10 heteroatoms. The highest BCUT2D eigenvalue weighted by molar-refractivity contribution is 6.31. The van der Waals surface area contributed by atoms with Crippen LogP contribution in [0.3, 0.4) is 0 Å². The van der Waals surface area contributed by atoms with E-state index in [9.17, 15) is 9.59 Å². The van der Waals surface area contributed by atoms with E-state index in [4.69, 9.17) is 21.4 Å². The fourth-order valence-electron chi connectivity index (χ4n) is 4.55. The number of hydrogen-bond donors (Lipinski definition) is 2. The monoisotopic (exact) mass is 509 g/mol. The van der Waals surface area contributed by atoms with E-state index in [-0.39, 0.29) is 12.1 Å². The first-order valence-electron chi connectivity index (χ1n) is 12.3. The molecule has 1 aromatic carbocycles. The molecule has 9 nitrogen and oxygen atoms in total. The number of rotatable bonds is 9. The van der Waals surface area contributed by atoms with Crippen molar-refractivity contribution in [3.8, 4) is 0 Å². The van der Waals surface area contributed by atoms with E-state index in [0.717, 1.165) is 71.7 Å². The van der Waals surface area contributed by atoms with Gasteiger partial charge >= 0.3 is 5.97 Å². The first-order chi connectivity index (χ1) is 17.5. The van der Waals surface area contributed by atoms with Gasteiger partial charge in [-0.15, -0.1) is 10.2 Å². The maximum atomic E-state index is 12.8. The van der Waals surface area contributed by atoms with Crippen LogP contribution >= 0.6 is 11.6 Å². The fourth-order valence-corrected chi connectivity index (χ4v) is 4.82. The molecule has 36 heavy (non-hydrogen) atoms. The average Bonchev–Trinajstić information content (AvgIpc) is 3.61. The minimum absolute atomic E-state index is 0.0148.